The molecular weight excluding hydrogens is 296 g/mol. The van der Waals surface area contributed by atoms with Gasteiger partial charge in [0.1, 0.15) is 0 Å². The fourth-order valence-electron chi connectivity index (χ4n) is 4.65. The van der Waals surface area contributed by atoms with Gasteiger partial charge in [-0.2, -0.15) is 0 Å². The summed E-state index contributed by atoms with van der Waals surface area (Å²) < 4.78 is 5.50. The maximum Gasteiger partial charge on any atom is 0.0710 e. The summed E-state index contributed by atoms with van der Waals surface area (Å²) >= 11 is 0. The van der Waals surface area contributed by atoms with Crippen LogP contribution in [0.1, 0.15) is 50.0 Å². The summed E-state index contributed by atoms with van der Waals surface area (Å²) in [5, 5.41) is 0. The number of rotatable bonds is 5. The van der Waals surface area contributed by atoms with E-state index >= 15 is 0 Å². The van der Waals surface area contributed by atoms with Crippen molar-refractivity contribution in [1.82, 2.24) is 4.90 Å². The molecule has 1 aromatic rings. The summed E-state index contributed by atoms with van der Waals surface area (Å²) in [5.74, 6) is 1.66. The molecule has 3 heteroatoms. The fraction of sp³-hybridized carbons (Fsp3) is 0.714. The van der Waals surface area contributed by atoms with Gasteiger partial charge in [0.25, 0.3) is 0 Å². The van der Waals surface area contributed by atoms with Gasteiger partial charge in [0.05, 0.1) is 6.10 Å². The Bertz CT molecular complexity index is 534. The van der Waals surface area contributed by atoms with Crippen LogP contribution in [-0.4, -0.2) is 50.8 Å². The van der Waals surface area contributed by atoms with Gasteiger partial charge in [0, 0.05) is 45.5 Å². The molecule has 0 spiro atoms. The average molecular weight is 327 g/mol. The minimum absolute atomic E-state index is 0.468. The lowest BCUT2D eigenvalue weighted by molar-refractivity contribution is 0.105. The second-order valence-corrected chi connectivity index (χ2v) is 7.95. The number of hydrogen-bond acceptors (Lipinski definition) is 3. The molecule has 3 nitrogen and oxygen atoms in total. The van der Waals surface area contributed by atoms with Crippen LogP contribution in [0.4, 0.5) is 5.69 Å². The van der Waals surface area contributed by atoms with Crippen molar-refractivity contribution in [3.8, 4) is 0 Å². The molecule has 2 saturated heterocycles. The molecule has 3 aliphatic rings. The van der Waals surface area contributed by atoms with Crippen molar-refractivity contribution in [2.45, 2.75) is 50.5 Å². The van der Waals surface area contributed by atoms with Crippen LogP contribution in [0.15, 0.2) is 18.2 Å². The van der Waals surface area contributed by atoms with Crippen LogP contribution in [0.25, 0.3) is 0 Å². The van der Waals surface area contributed by atoms with E-state index in [0.717, 1.165) is 18.4 Å². The molecule has 1 saturated carbocycles. The van der Waals surface area contributed by atoms with Crippen LogP contribution in [0.3, 0.4) is 0 Å². The zero-order chi connectivity index (χ0) is 16.4. The molecule has 1 radical (unpaired) electrons. The summed E-state index contributed by atoms with van der Waals surface area (Å²) in [6.45, 7) is 6.06. The second kappa shape index (κ2) is 7.45. The number of likely N-dealkylation sites (tertiary alicyclic amines) is 1. The van der Waals surface area contributed by atoms with E-state index in [1.54, 1.807) is 5.56 Å². The highest BCUT2D eigenvalue weighted by atomic mass is 16.5. The highest BCUT2D eigenvalue weighted by Crippen LogP contribution is 2.41. The largest absolute Gasteiger partial charge is 0.380 e. The third-order valence-electron chi connectivity index (χ3n) is 6.45. The molecule has 0 N–H and O–H groups in total. The lowest BCUT2D eigenvalue weighted by atomic mass is 9.79. The van der Waals surface area contributed by atoms with Crippen molar-refractivity contribution in [1.29, 1.82) is 0 Å². The molecule has 1 aliphatic carbocycles. The Kier molecular flexibility index (Phi) is 5.09. The van der Waals surface area contributed by atoms with E-state index < -0.39 is 0 Å². The number of hydrogen-bond donors (Lipinski definition) is 0. The first kappa shape index (κ1) is 16.4. The first-order valence-corrected chi connectivity index (χ1v) is 9.83. The normalized spacial score (nSPS) is 26.7. The third-order valence-corrected chi connectivity index (χ3v) is 6.45. The van der Waals surface area contributed by atoms with Crippen LogP contribution in [0.5, 0.6) is 0 Å². The SMILES string of the molecule is CO[C@@H]1CCN(CC2CCN(c3cc[c]cc3C3CCC3)CC2)C1. The van der Waals surface area contributed by atoms with E-state index in [4.69, 9.17) is 4.74 Å². The van der Waals surface area contributed by atoms with Crippen molar-refractivity contribution in [2.24, 2.45) is 5.92 Å². The summed E-state index contributed by atoms with van der Waals surface area (Å²) in [5.41, 5.74) is 3.06. The number of benzene rings is 1. The van der Waals surface area contributed by atoms with Gasteiger partial charge >= 0.3 is 0 Å². The Labute approximate surface area is 147 Å². The molecule has 1 atom stereocenters. The highest BCUT2D eigenvalue weighted by Gasteiger charge is 2.28. The molecule has 0 unspecified atom stereocenters. The molecule has 3 fully saturated rings. The number of anilines is 1. The highest BCUT2D eigenvalue weighted by molar-refractivity contribution is 5.55. The first-order chi connectivity index (χ1) is 11.8. The molecule has 1 aromatic carbocycles. The van der Waals surface area contributed by atoms with E-state index in [1.807, 2.05) is 7.11 Å². The molecule has 0 aromatic heterocycles. The van der Waals surface area contributed by atoms with Gasteiger partial charge in [0.2, 0.25) is 0 Å². The number of piperidine rings is 1. The monoisotopic (exact) mass is 327 g/mol. The summed E-state index contributed by atoms with van der Waals surface area (Å²) in [4.78, 5) is 5.26. The Morgan fingerprint density at radius 2 is 1.96 bits per heavy atom. The smallest absolute Gasteiger partial charge is 0.0710 e. The summed E-state index contributed by atoms with van der Waals surface area (Å²) in [6, 6.07) is 9.96. The van der Waals surface area contributed by atoms with Crippen LogP contribution in [-0.2, 0) is 4.74 Å². The number of ether oxygens (including phenoxy) is 1. The topological polar surface area (TPSA) is 15.7 Å². The van der Waals surface area contributed by atoms with Gasteiger partial charge in [-0.05, 0) is 67.7 Å². The van der Waals surface area contributed by atoms with Gasteiger partial charge in [0.15, 0.2) is 0 Å². The zero-order valence-electron chi connectivity index (χ0n) is 15.0. The number of nitrogens with zero attached hydrogens (tertiary/aromatic N) is 2. The molecule has 0 amide bonds. The van der Waals surface area contributed by atoms with Gasteiger partial charge < -0.3 is 14.5 Å². The first-order valence-electron chi connectivity index (χ1n) is 9.83. The molecular formula is C21H31N2O. The quantitative estimate of drug-likeness (QED) is 0.820. The Morgan fingerprint density at radius 1 is 1.12 bits per heavy atom. The van der Waals surface area contributed by atoms with Crippen LogP contribution in [0, 0.1) is 12.0 Å². The van der Waals surface area contributed by atoms with Gasteiger partial charge in [-0.3, -0.25) is 0 Å². The van der Waals surface area contributed by atoms with Gasteiger partial charge in [-0.15, -0.1) is 0 Å². The summed E-state index contributed by atoms with van der Waals surface area (Å²) in [6.07, 6.45) is 8.48. The zero-order valence-corrected chi connectivity index (χ0v) is 15.0. The molecule has 0 bridgehead atoms. The Morgan fingerprint density at radius 3 is 2.62 bits per heavy atom. The van der Waals surface area contributed by atoms with Crippen LogP contribution >= 0.6 is 0 Å². The maximum atomic E-state index is 5.50. The number of methoxy groups -OCH3 is 1. The molecule has 2 aliphatic heterocycles. The molecule has 4 rings (SSSR count). The van der Waals surface area contributed by atoms with E-state index in [0.29, 0.717) is 6.10 Å². The van der Waals surface area contributed by atoms with E-state index in [-0.39, 0.29) is 0 Å². The standard InChI is InChI=1S/C21H31N2O/c1-24-19-11-12-22(16-19)15-17-9-13-23(14-10-17)21-8-3-2-7-20(21)18-5-4-6-18/h3,7-8,17-19H,4-6,9-16H2,1H3/t19-/m1/s1. The van der Waals surface area contributed by atoms with Crippen molar-refractivity contribution in [2.75, 3.05) is 44.7 Å². The lowest BCUT2D eigenvalue weighted by Crippen LogP contribution is -2.39. The minimum atomic E-state index is 0.468. The molecule has 24 heavy (non-hydrogen) atoms. The fourth-order valence-corrected chi connectivity index (χ4v) is 4.65. The van der Waals surface area contributed by atoms with E-state index in [9.17, 15) is 0 Å². The van der Waals surface area contributed by atoms with Crippen molar-refractivity contribution in [3.05, 3.63) is 29.8 Å². The Hall–Kier alpha value is -1.06. The maximum absolute atomic E-state index is 5.50. The predicted octanol–water partition coefficient (Wildman–Crippen LogP) is 3.69. The lowest BCUT2D eigenvalue weighted by Gasteiger charge is -2.38. The van der Waals surface area contributed by atoms with E-state index in [2.05, 4.69) is 34.1 Å². The van der Waals surface area contributed by atoms with Gasteiger partial charge in [-0.1, -0.05) is 12.5 Å². The minimum Gasteiger partial charge on any atom is -0.380 e. The van der Waals surface area contributed by atoms with Crippen molar-refractivity contribution < 1.29 is 4.74 Å². The van der Waals surface area contributed by atoms with Crippen LogP contribution < -0.4 is 4.90 Å². The van der Waals surface area contributed by atoms with Gasteiger partial charge in [-0.25, -0.2) is 0 Å². The van der Waals surface area contributed by atoms with Crippen molar-refractivity contribution >= 4 is 5.69 Å². The molecule has 2 heterocycles. The third kappa shape index (κ3) is 3.48. The van der Waals surface area contributed by atoms with Crippen molar-refractivity contribution in [3.63, 3.8) is 0 Å². The average Bonchev–Trinajstić information content (AvgIpc) is 3.02. The molecule has 131 valence electrons. The predicted molar refractivity (Wildman–Crippen MR) is 98.7 cm³/mol. The van der Waals surface area contributed by atoms with E-state index in [1.165, 1.54) is 70.4 Å². The summed E-state index contributed by atoms with van der Waals surface area (Å²) in [7, 11) is 1.85. The Balaban J connectivity index is 1.32. The second-order valence-electron chi connectivity index (χ2n) is 7.95. The van der Waals surface area contributed by atoms with Crippen LogP contribution in [0.2, 0.25) is 0 Å².